The molecule has 1 aromatic heterocycles. The lowest BCUT2D eigenvalue weighted by atomic mass is 10.1. The van der Waals surface area contributed by atoms with E-state index in [2.05, 4.69) is 25.2 Å². The number of nitrogens with zero attached hydrogens (tertiary/aromatic N) is 5. The molecule has 3 N–H and O–H groups in total. The second kappa shape index (κ2) is 16.4. The number of rotatable bonds is 17. The highest BCUT2D eigenvalue weighted by Crippen LogP contribution is 2.31. The van der Waals surface area contributed by atoms with Crippen molar-refractivity contribution in [2.45, 2.75) is 41.4 Å². The van der Waals surface area contributed by atoms with Crippen molar-refractivity contribution in [1.29, 1.82) is 0 Å². The Kier molecular flexibility index (Phi) is 12.9. The molecule has 4 rings (SSSR count). The minimum Gasteiger partial charge on any atom is -0.494 e. The van der Waals surface area contributed by atoms with E-state index in [1.807, 2.05) is 6.92 Å². The number of hydrogen-bond donors (Lipinski definition) is 3. The van der Waals surface area contributed by atoms with Gasteiger partial charge in [-0.15, -0.1) is 0 Å². The summed E-state index contributed by atoms with van der Waals surface area (Å²) in [6.07, 6.45) is 0.523. The Labute approximate surface area is 286 Å². The average Bonchev–Trinajstić information content (AvgIpc) is 3.00. The summed E-state index contributed by atoms with van der Waals surface area (Å²) in [5.74, 6) is 0.612. The van der Waals surface area contributed by atoms with Crippen LogP contribution in [-0.4, -0.2) is 83.5 Å². The van der Waals surface area contributed by atoms with Gasteiger partial charge in [0.25, 0.3) is 30.4 Å². The van der Waals surface area contributed by atoms with E-state index in [1.165, 1.54) is 41.7 Å². The monoisotopic (exact) mass is 757 g/mol. The van der Waals surface area contributed by atoms with Gasteiger partial charge >= 0.3 is 0 Å². The Morgan fingerprint density at radius 2 is 1.33 bits per heavy atom. The van der Waals surface area contributed by atoms with Gasteiger partial charge in [-0.05, 0) is 49.4 Å². The summed E-state index contributed by atoms with van der Waals surface area (Å²) in [5.41, 5.74) is 1.50. The van der Waals surface area contributed by atoms with E-state index in [1.54, 1.807) is 36.4 Å². The fourth-order valence-corrected chi connectivity index (χ4v) is 7.97. The highest BCUT2D eigenvalue weighted by molar-refractivity contribution is 7.99. The maximum absolute atomic E-state index is 11.8. The minimum atomic E-state index is -4.45. The van der Waals surface area contributed by atoms with Gasteiger partial charge in [-0.3, -0.25) is 13.7 Å². The van der Waals surface area contributed by atoms with E-state index in [4.69, 9.17) is 13.8 Å². The summed E-state index contributed by atoms with van der Waals surface area (Å²) in [7, 11) is -12.7. The highest BCUT2D eigenvalue weighted by atomic mass is 32.2. The minimum absolute atomic E-state index is 0.159. The molecule has 0 aliphatic rings. The van der Waals surface area contributed by atoms with E-state index < -0.39 is 41.9 Å². The van der Waals surface area contributed by atoms with Crippen molar-refractivity contribution in [2.24, 2.45) is 10.2 Å². The summed E-state index contributed by atoms with van der Waals surface area (Å²) < 4.78 is 101. The third kappa shape index (κ3) is 12.0. The average molecular weight is 758 g/mol. The fourth-order valence-electron chi connectivity index (χ4n) is 4.24. The predicted molar refractivity (Wildman–Crippen MR) is 182 cm³/mol. The maximum Gasteiger partial charge on any atom is 0.295 e. The largest absolute Gasteiger partial charge is 0.494 e. The zero-order valence-electron chi connectivity index (χ0n) is 25.3. The number of thioether (sulfide) groups is 2. The molecule has 15 nitrogen and oxygen atoms in total. The molecule has 0 aliphatic heterocycles. The van der Waals surface area contributed by atoms with Crippen LogP contribution in [0.5, 0.6) is 5.75 Å². The van der Waals surface area contributed by atoms with Crippen molar-refractivity contribution >= 4 is 76.0 Å². The number of hydrogen-bond acceptors (Lipinski definition) is 14. The zero-order chi connectivity index (χ0) is 35.0. The molecule has 20 heteroatoms. The molecule has 1 heterocycles. The van der Waals surface area contributed by atoms with Crippen molar-refractivity contribution in [3.63, 3.8) is 0 Å². The first-order chi connectivity index (χ1) is 22.6. The van der Waals surface area contributed by atoms with E-state index in [0.717, 1.165) is 0 Å². The molecule has 0 atom stereocenters. The third-order valence-corrected chi connectivity index (χ3v) is 10.7. The number of ether oxygens (including phenoxy) is 1. The first kappa shape index (κ1) is 37.6. The van der Waals surface area contributed by atoms with Crippen molar-refractivity contribution in [2.75, 3.05) is 29.6 Å². The zero-order valence-corrected chi connectivity index (χ0v) is 29.4. The number of fused-ring (bicyclic) bond motifs is 1. The van der Waals surface area contributed by atoms with E-state index >= 15 is 0 Å². The summed E-state index contributed by atoms with van der Waals surface area (Å²) in [6.45, 7) is 2.14. The van der Waals surface area contributed by atoms with Crippen LogP contribution in [0, 0.1) is 0 Å². The first-order valence-electron chi connectivity index (χ1n) is 14.2. The van der Waals surface area contributed by atoms with Crippen molar-refractivity contribution in [1.82, 2.24) is 15.0 Å². The smallest absolute Gasteiger partial charge is 0.295 e. The van der Waals surface area contributed by atoms with Gasteiger partial charge in [-0.25, -0.2) is 9.97 Å². The summed E-state index contributed by atoms with van der Waals surface area (Å²) in [5, 5.41) is 10.0. The second-order valence-corrected chi connectivity index (χ2v) is 16.7. The van der Waals surface area contributed by atoms with Crippen LogP contribution in [0.25, 0.3) is 10.8 Å². The van der Waals surface area contributed by atoms with Gasteiger partial charge in [-0.2, -0.15) is 40.5 Å². The predicted octanol–water partition coefficient (Wildman–Crippen LogP) is 5.42. The number of azo groups is 1. The van der Waals surface area contributed by atoms with Crippen LogP contribution in [0.2, 0.25) is 0 Å². The first-order valence-corrected chi connectivity index (χ1v) is 20.8. The van der Waals surface area contributed by atoms with Gasteiger partial charge in [0.2, 0.25) is 0 Å². The van der Waals surface area contributed by atoms with Crippen molar-refractivity contribution < 1.29 is 43.6 Å². The van der Waals surface area contributed by atoms with Crippen LogP contribution in [0.15, 0.2) is 80.0 Å². The highest BCUT2D eigenvalue weighted by Gasteiger charge is 2.16. The molecule has 48 heavy (non-hydrogen) atoms. The molecule has 0 fully saturated rings. The molecule has 0 amide bonds. The molecule has 0 bridgehead atoms. The quantitative estimate of drug-likeness (QED) is 0.0528. The Balaban J connectivity index is 1.57. The second-order valence-electron chi connectivity index (χ2n) is 10.0. The maximum atomic E-state index is 11.8. The molecule has 3 aromatic carbocycles. The Bertz CT molecular complexity index is 2070. The van der Waals surface area contributed by atoms with Gasteiger partial charge in [0.05, 0.1) is 29.5 Å². The molecule has 0 aliphatic carbocycles. The lowest BCUT2D eigenvalue weighted by molar-refractivity contribution is 0.337. The van der Waals surface area contributed by atoms with Crippen LogP contribution < -0.4 is 4.74 Å². The lowest BCUT2D eigenvalue weighted by Crippen LogP contribution is -2.07. The molecule has 0 unspecified atom stereocenters. The standard InChI is InChI=1S/C28H31N5O10S5/c1-2-43-24-18-22(33-32-21-10-8-19-6-3-7-25(23(19)17-21)48(40,41)42)11-9-20(24)16-26-29-27(44-12-4-14-46(34,35)36)31-28(30-26)45-13-5-15-47(37,38)39/h3,6-11,17-18H,2,4-5,12-16H2,1H3,(H,34,35,36)(H,37,38,39)(H,40,41,42). The molecule has 0 saturated carbocycles. The normalized spacial score (nSPS) is 12.6. The SMILES string of the molecule is CCOc1cc(N=Nc2ccc3cccc(S(=O)(=O)O)c3c2)ccc1Cc1nc(SCCCS(=O)(=O)O)nc(SCCCS(=O)(=O)O)n1. The molecule has 0 saturated heterocycles. The summed E-state index contributed by atoms with van der Waals surface area (Å²) in [4.78, 5) is 13.1. The Morgan fingerprint density at radius 1 is 0.750 bits per heavy atom. The molecule has 4 aromatic rings. The van der Waals surface area contributed by atoms with Crippen LogP contribution in [0.1, 0.15) is 31.2 Å². The van der Waals surface area contributed by atoms with Crippen LogP contribution in [0.4, 0.5) is 11.4 Å². The molecular formula is C28H31N5O10S5. The Hall–Kier alpha value is -3.24. The van der Waals surface area contributed by atoms with Crippen LogP contribution in [0.3, 0.4) is 0 Å². The van der Waals surface area contributed by atoms with E-state index in [9.17, 15) is 29.8 Å². The molecule has 258 valence electrons. The number of benzene rings is 3. The van der Waals surface area contributed by atoms with Crippen LogP contribution >= 0.6 is 23.5 Å². The summed E-state index contributed by atoms with van der Waals surface area (Å²) >= 11 is 2.35. The molecular weight excluding hydrogens is 727 g/mol. The van der Waals surface area contributed by atoms with Gasteiger partial charge in [0, 0.05) is 34.9 Å². The van der Waals surface area contributed by atoms with E-state index in [-0.39, 0.29) is 24.2 Å². The topological polar surface area (TPSA) is 236 Å². The number of aromatic nitrogens is 3. The van der Waals surface area contributed by atoms with Crippen molar-refractivity contribution in [3.8, 4) is 5.75 Å². The van der Waals surface area contributed by atoms with Gasteiger partial charge in [-0.1, -0.05) is 47.8 Å². The van der Waals surface area contributed by atoms with Gasteiger partial charge < -0.3 is 4.74 Å². The van der Waals surface area contributed by atoms with Crippen molar-refractivity contribution in [3.05, 3.63) is 66.0 Å². The fraction of sp³-hybridized carbons (Fsp3) is 0.321. The molecule has 0 radical (unpaired) electrons. The summed E-state index contributed by atoms with van der Waals surface area (Å²) in [6, 6.07) is 14.5. The van der Waals surface area contributed by atoms with Gasteiger partial charge in [0.1, 0.15) is 16.5 Å². The molecule has 0 spiro atoms. The van der Waals surface area contributed by atoms with Gasteiger partial charge in [0.15, 0.2) is 10.3 Å². The third-order valence-electron chi connectivity index (χ3n) is 6.28. The Morgan fingerprint density at radius 3 is 1.90 bits per heavy atom. The van der Waals surface area contributed by atoms with E-state index in [0.29, 0.717) is 67.7 Å². The lowest BCUT2D eigenvalue weighted by Gasteiger charge is -2.12. The van der Waals surface area contributed by atoms with Crippen LogP contribution in [-0.2, 0) is 36.8 Å².